The van der Waals surface area contributed by atoms with Gasteiger partial charge >= 0.3 is 0 Å². The maximum absolute atomic E-state index is 12.3. The third-order valence-electron chi connectivity index (χ3n) is 3.22. The zero-order chi connectivity index (χ0) is 18.2. The minimum atomic E-state index is -0.590. The molecule has 1 amide bonds. The number of ether oxygens (including phenoxy) is 1. The summed E-state index contributed by atoms with van der Waals surface area (Å²) in [5, 5.41) is 22.5. The van der Waals surface area contributed by atoms with E-state index in [2.05, 4.69) is 5.32 Å². The van der Waals surface area contributed by atoms with Crippen LogP contribution in [0.4, 0.5) is 11.4 Å². The highest BCUT2D eigenvalue weighted by atomic mass is 16.6. The van der Waals surface area contributed by atoms with E-state index in [1.54, 1.807) is 24.3 Å². The fourth-order valence-electron chi connectivity index (χ4n) is 2.05. The van der Waals surface area contributed by atoms with Crippen molar-refractivity contribution in [2.24, 2.45) is 0 Å². The van der Waals surface area contributed by atoms with Crippen LogP contribution in [0.15, 0.2) is 54.1 Å². The summed E-state index contributed by atoms with van der Waals surface area (Å²) in [5.74, 6) is -0.0843. The Labute approximate surface area is 144 Å². The molecule has 0 spiro atoms. The first kappa shape index (κ1) is 17.7. The number of nitro benzene ring substituents is 1. The molecule has 0 aliphatic carbocycles. The van der Waals surface area contributed by atoms with Crippen LogP contribution >= 0.6 is 0 Å². The van der Waals surface area contributed by atoms with E-state index in [-0.39, 0.29) is 11.3 Å². The second-order valence-electron chi connectivity index (χ2n) is 4.90. The summed E-state index contributed by atoms with van der Waals surface area (Å²) in [4.78, 5) is 22.4. The molecule has 0 atom stereocenters. The molecule has 0 aliphatic rings. The fraction of sp³-hybridized carbons (Fsp3) is 0.111. The number of carbonyl (C=O) groups excluding carboxylic acids is 1. The SMILES string of the molecule is CCOc1ccccc1NC(=O)C(C#N)=Cc1ccc([N+](=O)[O-])cc1. The topological polar surface area (TPSA) is 105 Å². The van der Waals surface area contributed by atoms with Crippen LogP contribution in [-0.2, 0) is 4.79 Å². The lowest BCUT2D eigenvalue weighted by Crippen LogP contribution is -2.14. The molecule has 126 valence electrons. The molecular formula is C18H15N3O4. The van der Waals surface area contributed by atoms with Crippen molar-refractivity contribution in [1.82, 2.24) is 0 Å². The minimum Gasteiger partial charge on any atom is -0.492 e. The van der Waals surface area contributed by atoms with E-state index in [4.69, 9.17) is 4.74 Å². The number of amides is 1. The molecule has 0 saturated heterocycles. The molecule has 2 aromatic rings. The first-order chi connectivity index (χ1) is 12.0. The van der Waals surface area contributed by atoms with Gasteiger partial charge in [0.2, 0.25) is 0 Å². The Kier molecular flexibility index (Phi) is 5.85. The molecule has 2 aromatic carbocycles. The van der Waals surface area contributed by atoms with Gasteiger partial charge in [-0.1, -0.05) is 12.1 Å². The van der Waals surface area contributed by atoms with Crippen molar-refractivity contribution in [2.75, 3.05) is 11.9 Å². The van der Waals surface area contributed by atoms with Gasteiger partial charge in [0.1, 0.15) is 17.4 Å². The summed E-state index contributed by atoms with van der Waals surface area (Å²) < 4.78 is 5.42. The Hall–Kier alpha value is -3.66. The summed E-state index contributed by atoms with van der Waals surface area (Å²) in [6.07, 6.45) is 1.36. The number of benzene rings is 2. The van der Waals surface area contributed by atoms with Gasteiger partial charge in [0.15, 0.2) is 0 Å². The molecule has 0 aliphatic heterocycles. The van der Waals surface area contributed by atoms with E-state index in [9.17, 15) is 20.2 Å². The third-order valence-corrected chi connectivity index (χ3v) is 3.22. The van der Waals surface area contributed by atoms with E-state index < -0.39 is 10.8 Å². The summed E-state index contributed by atoms with van der Waals surface area (Å²) in [5.41, 5.74) is 0.778. The van der Waals surface area contributed by atoms with Crippen LogP contribution in [0, 0.1) is 21.4 Å². The number of nitriles is 1. The first-order valence-corrected chi connectivity index (χ1v) is 7.44. The maximum Gasteiger partial charge on any atom is 0.269 e. The van der Waals surface area contributed by atoms with Crippen LogP contribution in [0.5, 0.6) is 5.75 Å². The van der Waals surface area contributed by atoms with Crippen LogP contribution < -0.4 is 10.1 Å². The molecule has 0 saturated carbocycles. The number of nitrogens with zero attached hydrogens (tertiary/aromatic N) is 2. The van der Waals surface area contributed by atoms with Crippen LogP contribution in [0.1, 0.15) is 12.5 Å². The monoisotopic (exact) mass is 337 g/mol. The lowest BCUT2D eigenvalue weighted by Gasteiger charge is -2.10. The van der Waals surface area contributed by atoms with Crippen molar-refractivity contribution in [2.45, 2.75) is 6.92 Å². The van der Waals surface area contributed by atoms with Crippen LogP contribution in [0.25, 0.3) is 6.08 Å². The molecule has 7 nitrogen and oxygen atoms in total. The van der Waals surface area contributed by atoms with Crippen LogP contribution in [0.2, 0.25) is 0 Å². The molecule has 0 radical (unpaired) electrons. The molecule has 25 heavy (non-hydrogen) atoms. The fourth-order valence-corrected chi connectivity index (χ4v) is 2.05. The quantitative estimate of drug-likeness (QED) is 0.375. The second-order valence-corrected chi connectivity index (χ2v) is 4.90. The van der Waals surface area contributed by atoms with Gasteiger partial charge in [0, 0.05) is 12.1 Å². The van der Waals surface area contributed by atoms with Gasteiger partial charge in [0.25, 0.3) is 11.6 Å². The molecule has 0 fully saturated rings. The summed E-state index contributed by atoms with van der Waals surface area (Å²) in [6, 6.07) is 14.3. The van der Waals surface area contributed by atoms with Crippen LogP contribution in [-0.4, -0.2) is 17.4 Å². The number of non-ortho nitro benzene ring substituents is 1. The highest BCUT2D eigenvalue weighted by Gasteiger charge is 2.12. The van der Waals surface area contributed by atoms with Gasteiger partial charge in [-0.25, -0.2) is 0 Å². The summed E-state index contributed by atoms with van der Waals surface area (Å²) >= 11 is 0. The molecular weight excluding hydrogens is 322 g/mol. The second kappa shape index (κ2) is 8.26. The predicted molar refractivity (Wildman–Crippen MR) is 92.9 cm³/mol. The van der Waals surface area contributed by atoms with Crippen molar-refractivity contribution in [3.8, 4) is 11.8 Å². The Morgan fingerprint density at radius 3 is 2.56 bits per heavy atom. The lowest BCUT2D eigenvalue weighted by molar-refractivity contribution is -0.384. The van der Waals surface area contributed by atoms with Crippen molar-refractivity contribution in [1.29, 1.82) is 5.26 Å². The van der Waals surface area contributed by atoms with Gasteiger partial charge in [-0.2, -0.15) is 5.26 Å². The summed E-state index contributed by atoms with van der Waals surface area (Å²) in [7, 11) is 0. The smallest absolute Gasteiger partial charge is 0.269 e. The van der Waals surface area contributed by atoms with E-state index in [1.807, 2.05) is 13.0 Å². The van der Waals surface area contributed by atoms with E-state index in [0.29, 0.717) is 23.6 Å². The molecule has 2 rings (SSSR count). The lowest BCUT2D eigenvalue weighted by atomic mass is 10.1. The summed E-state index contributed by atoms with van der Waals surface area (Å²) in [6.45, 7) is 2.27. The highest BCUT2D eigenvalue weighted by Crippen LogP contribution is 2.24. The Morgan fingerprint density at radius 2 is 1.96 bits per heavy atom. The average Bonchev–Trinajstić information content (AvgIpc) is 2.61. The van der Waals surface area contributed by atoms with Crippen molar-refractivity contribution >= 4 is 23.4 Å². The zero-order valence-corrected chi connectivity index (χ0v) is 13.4. The molecule has 0 unspecified atom stereocenters. The number of nitro groups is 1. The highest BCUT2D eigenvalue weighted by molar-refractivity contribution is 6.10. The molecule has 0 aromatic heterocycles. The standard InChI is InChI=1S/C18H15N3O4/c1-2-25-17-6-4-3-5-16(17)20-18(22)14(12-19)11-13-7-9-15(10-8-13)21(23)24/h3-11H,2H2,1H3,(H,20,22). The van der Waals surface area contributed by atoms with Gasteiger partial charge in [0.05, 0.1) is 17.2 Å². The molecule has 1 N–H and O–H groups in total. The number of hydrogen-bond acceptors (Lipinski definition) is 5. The maximum atomic E-state index is 12.3. The predicted octanol–water partition coefficient (Wildman–Crippen LogP) is 3.54. The number of nitrogens with one attached hydrogen (secondary N) is 1. The first-order valence-electron chi connectivity index (χ1n) is 7.44. The Balaban J connectivity index is 2.21. The number of rotatable bonds is 6. The normalized spacial score (nSPS) is 10.6. The number of hydrogen-bond donors (Lipinski definition) is 1. The van der Waals surface area contributed by atoms with Crippen LogP contribution in [0.3, 0.4) is 0 Å². The molecule has 7 heteroatoms. The number of para-hydroxylation sites is 2. The number of anilines is 1. The average molecular weight is 337 g/mol. The van der Waals surface area contributed by atoms with Crippen molar-refractivity contribution in [3.63, 3.8) is 0 Å². The van der Waals surface area contributed by atoms with E-state index >= 15 is 0 Å². The van der Waals surface area contributed by atoms with Gasteiger partial charge in [-0.15, -0.1) is 0 Å². The van der Waals surface area contributed by atoms with E-state index in [1.165, 1.54) is 30.3 Å². The zero-order valence-electron chi connectivity index (χ0n) is 13.4. The molecule has 0 heterocycles. The van der Waals surface area contributed by atoms with Gasteiger partial charge < -0.3 is 10.1 Å². The van der Waals surface area contributed by atoms with Gasteiger partial charge in [-0.3, -0.25) is 14.9 Å². The third kappa shape index (κ3) is 4.65. The largest absolute Gasteiger partial charge is 0.492 e. The molecule has 0 bridgehead atoms. The number of carbonyl (C=O) groups is 1. The Morgan fingerprint density at radius 1 is 1.28 bits per heavy atom. The minimum absolute atomic E-state index is 0.0641. The van der Waals surface area contributed by atoms with E-state index in [0.717, 1.165) is 0 Å². The van der Waals surface area contributed by atoms with Gasteiger partial charge in [-0.05, 0) is 42.8 Å². The van der Waals surface area contributed by atoms with Crippen molar-refractivity contribution < 1.29 is 14.5 Å². The van der Waals surface area contributed by atoms with Crippen molar-refractivity contribution in [3.05, 3.63) is 69.8 Å². The Bertz CT molecular complexity index is 851.